The number of benzene rings is 1. The van der Waals surface area contributed by atoms with Gasteiger partial charge in [-0.2, -0.15) is 4.31 Å². The van der Waals surface area contributed by atoms with E-state index >= 15 is 0 Å². The van der Waals surface area contributed by atoms with Crippen molar-refractivity contribution in [2.75, 3.05) is 18.8 Å². The Morgan fingerprint density at radius 1 is 1.25 bits per heavy atom. The molecule has 1 aromatic carbocycles. The molecule has 0 radical (unpaired) electrons. The lowest BCUT2D eigenvalue weighted by molar-refractivity contribution is 0.233. The molecule has 2 unspecified atom stereocenters. The van der Waals surface area contributed by atoms with Crippen LogP contribution in [0.15, 0.2) is 30.3 Å². The van der Waals surface area contributed by atoms with E-state index < -0.39 is 10.0 Å². The second-order valence-corrected chi connectivity index (χ2v) is 7.19. The molecule has 1 heterocycles. The minimum absolute atomic E-state index is 0. The zero-order valence-corrected chi connectivity index (χ0v) is 13.6. The Morgan fingerprint density at radius 3 is 2.55 bits per heavy atom. The zero-order valence-electron chi connectivity index (χ0n) is 12.0. The highest BCUT2D eigenvalue weighted by molar-refractivity contribution is 7.89. The molecule has 1 aliphatic heterocycles. The van der Waals surface area contributed by atoms with Crippen LogP contribution in [0.4, 0.5) is 0 Å². The molecule has 0 aliphatic carbocycles. The molecule has 1 fully saturated rings. The summed E-state index contributed by atoms with van der Waals surface area (Å²) in [6, 6.07) is 10.0. The van der Waals surface area contributed by atoms with Crippen molar-refractivity contribution in [2.24, 2.45) is 0 Å². The number of piperazine rings is 1. The molecule has 1 aliphatic rings. The largest absolute Gasteiger partial charge is 0.311 e. The fourth-order valence-electron chi connectivity index (χ4n) is 2.43. The maximum absolute atomic E-state index is 12.4. The molecule has 114 valence electrons. The van der Waals surface area contributed by atoms with E-state index in [1.165, 1.54) is 0 Å². The molecule has 2 rings (SSSR count). The summed E-state index contributed by atoms with van der Waals surface area (Å²) in [5.41, 5.74) is 1.07. The molecule has 1 aromatic rings. The van der Waals surface area contributed by atoms with Gasteiger partial charge in [0.1, 0.15) is 0 Å². The van der Waals surface area contributed by atoms with Gasteiger partial charge in [-0.05, 0) is 25.8 Å². The van der Waals surface area contributed by atoms with Crippen molar-refractivity contribution >= 4 is 22.4 Å². The van der Waals surface area contributed by atoms with Gasteiger partial charge in [-0.3, -0.25) is 0 Å². The summed E-state index contributed by atoms with van der Waals surface area (Å²) >= 11 is 0. The summed E-state index contributed by atoms with van der Waals surface area (Å²) in [5.74, 6) is 0.189. The topological polar surface area (TPSA) is 49.4 Å². The normalized spacial score (nSPS) is 24.1. The Labute approximate surface area is 128 Å². The van der Waals surface area contributed by atoms with E-state index in [1.807, 2.05) is 44.2 Å². The van der Waals surface area contributed by atoms with Crippen molar-refractivity contribution in [3.63, 3.8) is 0 Å². The summed E-state index contributed by atoms with van der Waals surface area (Å²) in [4.78, 5) is 0. The van der Waals surface area contributed by atoms with Crippen LogP contribution in [0, 0.1) is 0 Å². The van der Waals surface area contributed by atoms with Crippen molar-refractivity contribution in [3.8, 4) is 0 Å². The highest BCUT2D eigenvalue weighted by Gasteiger charge is 2.32. The molecule has 4 nitrogen and oxygen atoms in total. The van der Waals surface area contributed by atoms with Crippen LogP contribution < -0.4 is 5.32 Å². The Kier molecular flexibility index (Phi) is 6.45. The number of aryl methyl sites for hydroxylation is 1. The standard InChI is InChI=1S/C14H22N2O2S.ClH/c1-12-13(2)16(10-9-15-12)19(17,18)11-8-14-6-4-3-5-7-14;/h3-7,12-13,15H,8-11H2,1-2H3;1H. The van der Waals surface area contributed by atoms with E-state index in [9.17, 15) is 8.42 Å². The lowest BCUT2D eigenvalue weighted by Gasteiger charge is -2.37. The molecule has 2 atom stereocenters. The van der Waals surface area contributed by atoms with Crippen LogP contribution in [0.3, 0.4) is 0 Å². The van der Waals surface area contributed by atoms with Crippen LogP contribution >= 0.6 is 12.4 Å². The van der Waals surface area contributed by atoms with E-state index in [1.54, 1.807) is 4.31 Å². The highest BCUT2D eigenvalue weighted by Crippen LogP contribution is 2.15. The van der Waals surface area contributed by atoms with Crippen LogP contribution in [-0.2, 0) is 16.4 Å². The van der Waals surface area contributed by atoms with Crippen LogP contribution in [0.5, 0.6) is 0 Å². The van der Waals surface area contributed by atoms with Crippen molar-refractivity contribution in [2.45, 2.75) is 32.4 Å². The zero-order chi connectivity index (χ0) is 13.9. The Balaban J connectivity index is 0.00000200. The second kappa shape index (κ2) is 7.41. The first kappa shape index (κ1) is 17.4. The van der Waals surface area contributed by atoms with Gasteiger partial charge in [0, 0.05) is 25.2 Å². The van der Waals surface area contributed by atoms with Crippen molar-refractivity contribution < 1.29 is 8.42 Å². The molecule has 1 saturated heterocycles. The van der Waals surface area contributed by atoms with E-state index in [-0.39, 0.29) is 30.2 Å². The quantitative estimate of drug-likeness (QED) is 0.918. The number of nitrogens with one attached hydrogen (secondary N) is 1. The smallest absolute Gasteiger partial charge is 0.214 e. The minimum Gasteiger partial charge on any atom is -0.311 e. The highest BCUT2D eigenvalue weighted by atomic mass is 35.5. The fraction of sp³-hybridized carbons (Fsp3) is 0.571. The maximum atomic E-state index is 12.4. The molecule has 1 N–H and O–H groups in total. The monoisotopic (exact) mass is 318 g/mol. The molecule has 0 spiro atoms. The lowest BCUT2D eigenvalue weighted by Crippen LogP contribution is -2.57. The Morgan fingerprint density at radius 2 is 1.90 bits per heavy atom. The third-order valence-electron chi connectivity index (χ3n) is 3.83. The summed E-state index contributed by atoms with van der Waals surface area (Å²) in [5, 5.41) is 3.30. The van der Waals surface area contributed by atoms with Gasteiger partial charge in [0.15, 0.2) is 0 Å². The number of hydrogen-bond donors (Lipinski definition) is 1. The third-order valence-corrected chi connectivity index (χ3v) is 5.77. The van der Waals surface area contributed by atoms with Gasteiger partial charge in [-0.15, -0.1) is 12.4 Å². The number of sulfonamides is 1. The lowest BCUT2D eigenvalue weighted by atomic mass is 10.1. The number of rotatable bonds is 4. The Bertz CT molecular complexity index is 507. The van der Waals surface area contributed by atoms with Gasteiger partial charge in [0.2, 0.25) is 10.0 Å². The van der Waals surface area contributed by atoms with Crippen molar-refractivity contribution in [1.82, 2.24) is 9.62 Å². The first-order chi connectivity index (χ1) is 9.00. The molecule has 6 heteroatoms. The van der Waals surface area contributed by atoms with Crippen LogP contribution in [0.1, 0.15) is 19.4 Å². The third kappa shape index (κ3) is 4.19. The van der Waals surface area contributed by atoms with Crippen LogP contribution in [-0.4, -0.2) is 43.6 Å². The molecule has 0 amide bonds. The van der Waals surface area contributed by atoms with E-state index in [0.717, 1.165) is 12.1 Å². The van der Waals surface area contributed by atoms with Gasteiger partial charge in [-0.25, -0.2) is 8.42 Å². The second-order valence-electron chi connectivity index (χ2n) is 5.15. The predicted molar refractivity (Wildman–Crippen MR) is 84.8 cm³/mol. The molecular formula is C14H23ClN2O2S. The molecule has 20 heavy (non-hydrogen) atoms. The summed E-state index contributed by atoms with van der Waals surface area (Å²) in [7, 11) is -3.17. The van der Waals surface area contributed by atoms with Crippen LogP contribution in [0.25, 0.3) is 0 Å². The number of halogens is 1. The molecular weight excluding hydrogens is 296 g/mol. The van der Waals surface area contributed by atoms with E-state index in [2.05, 4.69) is 5.32 Å². The van der Waals surface area contributed by atoms with Crippen LogP contribution in [0.2, 0.25) is 0 Å². The summed E-state index contributed by atoms with van der Waals surface area (Å²) in [6.45, 7) is 5.30. The molecule has 0 saturated carbocycles. The van der Waals surface area contributed by atoms with Crippen molar-refractivity contribution in [3.05, 3.63) is 35.9 Å². The van der Waals surface area contributed by atoms with E-state index in [0.29, 0.717) is 13.0 Å². The van der Waals surface area contributed by atoms with Gasteiger partial charge in [0.05, 0.1) is 5.75 Å². The average Bonchev–Trinajstić information content (AvgIpc) is 2.41. The number of nitrogens with zero attached hydrogens (tertiary/aromatic N) is 1. The Hall–Kier alpha value is -0.620. The SMILES string of the molecule is CC1NCCN(S(=O)(=O)CCc2ccccc2)C1C.Cl. The van der Waals surface area contributed by atoms with E-state index in [4.69, 9.17) is 0 Å². The summed E-state index contributed by atoms with van der Waals surface area (Å²) in [6.07, 6.45) is 0.578. The summed E-state index contributed by atoms with van der Waals surface area (Å²) < 4.78 is 26.5. The first-order valence-electron chi connectivity index (χ1n) is 6.77. The van der Waals surface area contributed by atoms with Gasteiger partial charge in [0.25, 0.3) is 0 Å². The molecule has 0 aromatic heterocycles. The molecule has 0 bridgehead atoms. The van der Waals surface area contributed by atoms with Gasteiger partial charge < -0.3 is 5.32 Å². The maximum Gasteiger partial charge on any atom is 0.214 e. The first-order valence-corrected chi connectivity index (χ1v) is 8.38. The van der Waals surface area contributed by atoms with Gasteiger partial charge in [-0.1, -0.05) is 30.3 Å². The average molecular weight is 319 g/mol. The number of hydrogen-bond acceptors (Lipinski definition) is 3. The van der Waals surface area contributed by atoms with Gasteiger partial charge >= 0.3 is 0 Å². The van der Waals surface area contributed by atoms with Crippen molar-refractivity contribution in [1.29, 1.82) is 0 Å². The predicted octanol–water partition coefficient (Wildman–Crippen LogP) is 1.66. The minimum atomic E-state index is -3.17. The fourth-order valence-corrected chi connectivity index (χ4v) is 4.21.